The number of aryl methyl sites for hydroxylation is 2. The number of carbonyl (C=O) groups excluding carboxylic acids is 1. The van der Waals surface area contributed by atoms with Gasteiger partial charge in [0.25, 0.3) is 5.91 Å². The van der Waals surface area contributed by atoms with E-state index >= 15 is 0 Å². The highest BCUT2D eigenvalue weighted by Gasteiger charge is 2.12. The molecule has 0 unspecified atom stereocenters. The number of nitrogens with one attached hydrogen (secondary N) is 2. The lowest BCUT2D eigenvalue weighted by molar-refractivity contribution is 0.0945. The van der Waals surface area contributed by atoms with Crippen molar-refractivity contribution in [2.24, 2.45) is 0 Å². The van der Waals surface area contributed by atoms with E-state index in [1.54, 1.807) is 19.2 Å². The summed E-state index contributed by atoms with van der Waals surface area (Å²) in [7, 11) is 1.60. The number of carbonyl (C=O) groups is 1. The van der Waals surface area contributed by atoms with Crippen molar-refractivity contribution in [3.05, 3.63) is 76.1 Å². The van der Waals surface area contributed by atoms with Crippen LogP contribution in [0.15, 0.2) is 48.5 Å². The third kappa shape index (κ3) is 4.78. The first kappa shape index (κ1) is 19.6. The number of benzene rings is 2. The van der Waals surface area contributed by atoms with Crippen molar-refractivity contribution < 1.29 is 9.53 Å². The zero-order chi connectivity index (χ0) is 20.1. The molecule has 3 rings (SSSR count). The molecule has 0 spiro atoms. The van der Waals surface area contributed by atoms with Crippen LogP contribution in [0.2, 0.25) is 5.02 Å². The predicted octanol–water partition coefficient (Wildman–Crippen LogP) is 4.43. The molecule has 1 heterocycles. The third-order valence-electron chi connectivity index (χ3n) is 4.16. The number of aromatic nitrogens is 2. The molecule has 28 heavy (non-hydrogen) atoms. The Bertz CT molecular complexity index is 1010. The lowest BCUT2D eigenvalue weighted by Gasteiger charge is -2.12. The molecule has 3 aromatic rings. The highest BCUT2D eigenvalue weighted by atomic mass is 35.5. The van der Waals surface area contributed by atoms with E-state index in [2.05, 4.69) is 20.6 Å². The van der Waals surface area contributed by atoms with Gasteiger partial charge in [0.1, 0.15) is 11.4 Å². The minimum Gasteiger partial charge on any atom is -0.496 e. The van der Waals surface area contributed by atoms with Crippen LogP contribution in [0.25, 0.3) is 0 Å². The Morgan fingerprint density at radius 1 is 1.11 bits per heavy atom. The maximum atomic E-state index is 12.6. The Morgan fingerprint density at radius 3 is 2.68 bits per heavy atom. The molecular weight excluding hydrogens is 376 g/mol. The third-order valence-corrected chi connectivity index (χ3v) is 4.40. The summed E-state index contributed by atoms with van der Waals surface area (Å²) in [4.78, 5) is 21.3. The van der Waals surface area contributed by atoms with Crippen LogP contribution >= 0.6 is 11.6 Å². The highest BCUT2D eigenvalue weighted by Crippen LogP contribution is 2.23. The molecule has 1 amide bonds. The molecule has 0 bridgehead atoms. The van der Waals surface area contributed by atoms with E-state index in [0.717, 1.165) is 22.6 Å². The number of amides is 1. The average molecular weight is 397 g/mol. The topological polar surface area (TPSA) is 76.1 Å². The van der Waals surface area contributed by atoms with Crippen LogP contribution in [-0.4, -0.2) is 23.0 Å². The largest absolute Gasteiger partial charge is 0.496 e. The van der Waals surface area contributed by atoms with Crippen LogP contribution in [0.5, 0.6) is 5.75 Å². The molecule has 0 atom stereocenters. The molecule has 144 valence electrons. The first-order valence-corrected chi connectivity index (χ1v) is 9.13. The van der Waals surface area contributed by atoms with Crippen molar-refractivity contribution in [1.82, 2.24) is 15.3 Å². The Kier molecular flexibility index (Phi) is 6.11. The van der Waals surface area contributed by atoms with Gasteiger partial charge >= 0.3 is 0 Å². The quantitative estimate of drug-likeness (QED) is 0.644. The van der Waals surface area contributed by atoms with Crippen molar-refractivity contribution >= 4 is 29.1 Å². The van der Waals surface area contributed by atoms with Crippen LogP contribution in [0.4, 0.5) is 11.6 Å². The summed E-state index contributed by atoms with van der Waals surface area (Å²) in [6, 6.07) is 14.7. The van der Waals surface area contributed by atoms with Gasteiger partial charge in [0.2, 0.25) is 5.95 Å². The Morgan fingerprint density at radius 2 is 1.89 bits per heavy atom. The molecule has 0 saturated carbocycles. The zero-order valence-electron chi connectivity index (χ0n) is 15.9. The van der Waals surface area contributed by atoms with Gasteiger partial charge < -0.3 is 15.4 Å². The maximum absolute atomic E-state index is 12.6. The van der Waals surface area contributed by atoms with Crippen molar-refractivity contribution in [2.75, 3.05) is 12.4 Å². The van der Waals surface area contributed by atoms with Gasteiger partial charge in [0.05, 0.1) is 7.11 Å². The normalized spacial score (nSPS) is 10.4. The second kappa shape index (κ2) is 8.71. The molecule has 6 nitrogen and oxygen atoms in total. The molecule has 1 aromatic heterocycles. The molecular formula is C21H21ClN4O2. The maximum Gasteiger partial charge on any atom is 0.270 e. The molecule has 0 aliphatic carbocycles. The van der Waals surface area contributed by atoms with Crippen LogP contribution in [0, 0.1) is 13.8 Å². The summed E-state index contributed by atoms with van der Waals surface area (Å²) in [5, 5.41) is 6.61. The molecule has 2 aromatic carbocycles. The van der Waals surface area contributed by atoms with E-state index in [9.17, 15) is 4.79 Å². The number of hydrogen-bond donors (Lipinski definition) is 2. The summed E-state index contributed by atoms with van der Waals surface area (Å²) in [5.74, 6) is 0.774. The van der Waals surface area contributed by atoms with Crippen LogP contribution in [-0.2, 0) is 6.54 Å². The van der Waals surface area contributed by atoms with Crippen LogP contribution in [0.3, 0.4) is 0 Å². The van der Waals surface area contributed by atoms with Crippen LogP contribution in [0.1, 0.15) is 27.3 Å². The second-order valence-corrected chi connectivity index (χ2v) is 6.73. The second-order valence-electron chi connectivity index (χ2n) is 6.30. The van der Waals surface area contributed by atoms with Gasteiger partial charge in [-0.1, -0.05) is 35.9 Å². The zero-order valence-corrected chi connectivity index (χ0v) is 16.7. The molecule has 7 heteroatoms. The van der Waals surface area contributed by atoms with Crippen LogP contribution < -0.4 is 15.4 Å². The van der Waals surface area contributed by atoms with Gasteiger partial charge in [-0.25, -0.2) is 9.97 Å². The smallest absolute Gasteiger partial charge is 0.270 e. The Hall–Kier alpha value is -3.12. The van der Waals surface area contributed by atoms with Gasteiger partial charge in [-0.05, 0) is 43.7 Å². The standard InChI is InChI=1S/C21H21ClN4O2/c1-13-8-9-16(22)11-17(13)25-21-24-14(2)10-18(26-21)20(27)23-12-15-6-4-5-7-19(15)28-3/h4-11H,12H2,1-3H3,(H,23,27)(H,24,25,26). The fourth-order valence-corrected chi connectivity index (χ4v) is 2.88. The number of nitrogens with zero attached hydrogens (tertiary/aromatic N) is 2. The average Bonchev–Trinajstić information content (AvgIpc) is 2.68. The van der Waals surface area contributed by atoms with E-state index < -0.39 is 0 Å². The first-order chi connectivity index (χ1) is 13.5. The van der Waals surface area contributed by atoms with Crippen molar-refractivity contribution in [3.8, 4) is 5.75 Å². The summed E-state index contributed by atoms with van der Waals surface area (Å²) in [5.41, 5.74) is 3.64. The first-order valence-electron chi connectivity index (χ1n) is 8.75. The number of para-hydroxylation sites is 1. The summed E-state index contributed by atoms with van der Waals surface area (Å²) in [6.07, 6.45) is 0. The van der Waals surface area contributed by atoms with Gasteiger partial charge in [-0.2, -0.15) is 0 Å². The summed E-state index contributed by atoms with van der Waals surface area (Å²) in [6.45, 7) is 4.10. The molecule has 0 aliphatic heterocycles. The fraction of sp³-hybridized carbons (Fsp3) is 0.190. The SMILES string of the molecule is COc1ccccc1CNC(=O)c1cc(C)nc(Nc2cc(Cl)ccc2C)n1. The molecule has 2 N–H and O–H groups in total. The van der Waals surface area contributed by atoms with E-state index in [-0.39, 0.29) is 11.6 Å². The number of rotatable bonds is 6. The number of anilines is 2. The Balaban J connectivity index is 1.77. The minimum absolute atomic E-state index is 0.282. The van der Waals surface area contributed by atoms with Gasteiger partial charge in [-0.15, -0.1) is 0 Å². The molecule has 0 fully saturated rings. The monoisotopic (exact) mass is 396 g/mol. The van der Waals surface area contributed by atoms with E-state index in [1.165, 1.54) is 0 Å². The van der Waals surface area contributed by atoms with E-state index in [1.807, 2.05) is 50.2 Å². The molecule has 0 saturated heterocycles. The number of methoxy groups -OCH3 is 1. The Labute approximate surface area is 168 Å². The minimum atomic E-state index is -0.290. The lowest BCUT2D eigenvalue weighted by atomic mass is 10.2. The van der Waals surface area contributed by atoms with Gasteiger partial charge in [0, 0.05) is 28.5 Å². The summed E-state index contributed by atoms with van der Waals surface area (Å²) < 4.78 is 5.31. The van der Waals surface area contributed by atoms with Crippen molar-refractivity contribution in [3.63, 3.8) is 0 Å². The number of hydrogen-bond acceptors (Lipinski definition) is 5. The van der Waals surface area contributed by atoms with E-state index in [0.29, 0.717) is 23.2 Å². The predicted molar refractivity (Wildman–Crippen MR) is 110 cm³/mol. The van der Waals surface area contributed by atoms with Crippen molar-refractivity contribution in [2.45, 2.75) is 20.4 Å². The van der Waals surface area contributed by atoms with Gasteiger partial charge in [0.15, 0.2) is 0 Å². The molecule has 0 radical (unpaired) electrons. The number of halogens is 1. The summed E-state index contributed by atoms with van der Waals surface area (Å²) >= 11 is 6.07. The highest BCUT2D eigenvalue weighted by molar-refractivity contribution is 6.30. The van der Waals surface area contributed by atoms with E-state index in [4.69, 9.17) is 16.3 Å². The molecule has 0 aliphatic rings. The van der Waals surface area contributed by atoms with Crippen molar-refractivity contribution in [1.29, 1.82) is 0 Å². The lowest BCUT2D eigenvalue weighted by Crippen LogP contribution is -2.24. The number of ether oxygens (including phenoxy) is 1. The van der Waals surface area contributed by atoms with Gasteiger partial charge in [-0.3, -0.25) is 4.79 Å². The fourth-order valence-electron chi connectivity index (χ4n) is 2.71.